The van der Waals surface area contributed by atoms with Crippen LogP contribution in [0, 0.1) is 18.3 Å². The molecule has 7 heteroatoms. The van der Waals surface area contributed by atoms with Crippen LogP contribution < -0.4 is 16.4 Å². The Morgan fingerprint density at radius 2 is 2.44 bits per heavy atom. The summed E-state index contributed by atoms with van der Waals surface area (Å²) in [5, 5.41) is 8.98. The molecule has 2 heterocycles. The average Bonchev–Trinajstić information content (AvgIpc) is 2.82. The molecule has 0 amide bonds. The Morgan fingerprint density at radius 3 is 3.06 bits per heavy atom. The van der Waals surface area contributed by atoms with Gasteiger partial charge in [-0.2, -0.15) is 5.26 Å². The Balaban J connectivity index is 2.07. The minimum atomic E-state index is -0.675. The highest BCUT2D eigenvalue weighted by Crippen LogP contribution is 2.11. The quantitative estimate of drug-likeness (QED) is 0.689. The van der Waals surface area contributed by atoms with E-state index < -0.39 is 6.04 Å². The zero-order valence-electron chi connectivity index (χ0n) is 9.60. The van der Waals surface area contributed by atoms with Crippen molar-refractivity contribution in [1.82, 2.24) is 15.4 Å². The van der Waals surface area contributed by atoms with Gasteiger partial charge in [-0.3, -0.25) is 15.2 Å². The third-order valence-electron chi connectivity index (χ3n) is 2.16. The number of furan rings is 1. The van der Waals surface area contributed by atoms with E-state index in [4.69, 9.17) is 9.68 Å². The molecule has 3 N–H and O–H groups in total. The van der Waals surface area contributed by atoms with E-state index in [2.05, 4.69) is 20.8 Å². The van der Waals surface area contributed by atoms with Gasteiger partial charge in [0.1, 0.15) is 5.76 Å². The van der Waals surface area contributed by atoms with Crippen molar-refractivity contribution < 1.29 is 4.42 Å². The summed E-state index contributed by atoms with van der Waals surface area (Å²) in [7, 11) is 0. The fraction of sp³-hybridized carbons (Fsp3) is 0.182. The molecule has 2 aromatic rings. The van der Waals surface area contributed by atoms with Gasteiger partial charge in [0.05, 0.1) is 12.3 Å². The molecule has 0 bridgehead atoms. The molecule has 0 aliphatic rings. The molecule has 1 unspecified atom stereocenters. The lowest BCUT2D eigenvalue weighted by atomic mass is 10.3. The summed E-state index contributed by atoms with van der Waals surface area (Å²) in [5.74, 6) is 0.715. The fourth-order valence-electron chi connectivity index (χ4n) is 1.40. The SMILES string of the molecule is Cc1cc(=O)[nH]c(NNC(C#N)c2ccco2)n1. The van der Waals surface area contributed by atoms with Crippen molar-refractivity contribution >= 4 is 5.95 Å². The minimum absolute atomic E-state index is 0.242. The summed E-state index contributed by atoms with van der Waals surface area (Å²) in [6.07, 6.45) is 1.48. The van der Waals surface area contributed by atoms with Gasteiger partial charge in [0.15, 0.2) is 6.04 Å². The fourth-order valence-corrected chi connectivity index (χ4v) is 1.40. The lowest BCUT2D eigenvalue weighted by Gasteiger charge is -2.10. The molecule has 0 aliphatic heterocycles. The number of aryl methyl sites for hydroxylation is 1. The second kappa shape index (κ2) is 5.16. The van der Waals surface area contributed by atoms with Crippen LogP contribution in [0.1, 0.15) is 17.5 Å². The molecule has 0 fully saturated rings. The molecular weight excluding hydrogens is 234 g/mol. The summed E-state index contributed by atoms with van der Waals surface area (Å²) in [6, 6.07) is 6.08. The maximum absolute atomic E-state index is 11.2. The second-order valence-electron chi connectivity index (χ2n) is 3.58. The summed E-state index contributed by atoms with van der Waals surface area (Å²) in [5.41, 5.74) is 5.68. The van der Waals surface area contributed by atoms with Gasteiger partial charge in [0, 0.05) is 11.8 Å². The van der Waals surface area contributed by atoms with Gasteiger partial charge in [-0.1, -0.05) is 0 Å². The first kappa shape index (κ1) is 11.9. The number of hydrazine groups is 1. The average molecular weight is 245 g/mol. The molecule has 18 heavy (non-hydrogen) atoms. The van der Waals surface area contributed by atoms with E-state index >= 15 is 0 Å². The van der Waals surface area contributed by atoms with Crippen LogP contribution in [-0.2, 0) is 0 Å². The molecule has 2 aromatic heterocycles. The number of hydrogen-bond acceptors (Lipinski definition) is 6. The van der Waals surface area contributed by atoms with Crippen LogP contribution >= 0.6 is 0 Å². The van der Waals surface area contributed by atoms with Crippen LogP contribution in [0.4, 0.5) is 5.95 Å². The molecule has 0 saturated carbocycles. The van der Waals surface area contributed by atoms with E-state index in [1.165, 1.54) is 12.3 Å². The minimum Gasteiger partial charge on any atom is -0.466 e. The summed E-state index contributed by atoms with van der Waals surface area (Å²) in [4.78, 5) is 17.8. The number of anilines is 1. The number of rotatable bonds is 4. The van der Waals surface area contributed by atoms with E-state index in [0.29, 0.717) is 11.5 Å². The summed E-state index contributed by atoms with van der Waals surface area (Å²) in [6.45, 7) is 1.70. The molecule has 0 radical (unpaired) electrons. The molecule has 0 spiro atoms. The van der Waals surface area contributed by atoms with Crippen molar-refractivity contribution in [3.8, 4) is 6.07 Å². The number of aromatic nitrogens is 2. The van der Waals surface area contributed by atoms with E-state index in [1.807, 2.05) is 6.07 Å². The molecular formula is C11H11N5O2. The molecule has 0 aromatic carbocycles. The Hall–Kier alpha value is -2.59. The molecule has 7 nitrogen and oxygen atoms in total. The topological polar surface area (TPSA) is 107 Å². The number of aromatic amines is 1. The zero-order chi connectivity index (χ0) is 13.0. The normalized spacial score (nSPS) is 11.8. The Kier molecular flexibility index (Phi) is 3.41. The van der Waals surface area contributed by atoms with Crippen LogP contribution in [-0.4, -0.2) is 9.97 Å². The first-order valence-corrected chi connectivity index (χ1v) is 5.21. The lowest BCUT2D eigenvalue weighted by molar-refractivity contribution is 0.471. The third-order valence-corrected chi connectivity index (χ3v) is 2.16. The Bertz CT molecular complexity index is 611. The van der Waals surface area contributed by atoms with Crippen molar-refractivity contribution in [3.63, 3.8) is 0 Å². The number of nitrogens with one attached hydrogen (secondary N) is 3. The Labute approximate surface area is 102 Å². The van der Waals surface area contributed by atoms with Gasteiger partial charge in [-0.15, -0.1) is 0 Å². The third kappa shape index (κ3) is 2.75. The molecule has 92 valence electrons. The van der Waals surface area contributed by atoms with Crippen LogP contribution in [0.5, 0.6) is 0 Å². The highest BCUT2D eigenvalue weighted by molar-refractivity contribution is 5.25. The van der Waals surface area contributed by atoms with Crippen LogP contribution in [0.15, 0.2) is 33.7 Å². The number of nitrogens with zero attached hydrogens (tertiary/aromatic N) is 2. The maximum Gasteiger partial charge on any atom is 0.252 e. The van der Waals surface area contributed by atoms with Gasteiger partial charge < -0.3 is 4.42 Å². The van der Waals surface area contributed by atoms with E-state index in [-0.39, 0.29) is 11.5 Å². The van der Waals surface area contributed by atoms with E-state index in [1.54, 1.807) is 19.1 Å². The van der Waals surface area contributed by atoms with Gasteiger partial charge >= 0.3 is 0 Å². The maximum atomic E-state index is 11.2. The number of nitriles is 1. The largest absolute Gasteiger partial charge is 0.466 e. The Morgan fingerprint density at radius 1 is 1.61 bits per heavy atom. The van der Waals surface area contributed by atoms with Crippen molar-refractivity contribution in [3.05, 3.63) is 46.3 Å². The zero-order valence-corrected chi connectivity index (χ0v) is 9.60. The van der Waals surface area contributed by atoms with Gasteiger partial charge in [-0.25, -0.2) is 10.4 Å². The molecule has 0 saturated heterocycles. The van der Waals surface area contributed by atoms with Gasteiger partial charge in [-0.05, 0) is 19.1 Å². The van der Waals surface area contributed by atoms with Crippen LogP contribution in [0.2, 0.25) is 0 Å². The number of hydrogen-bond donors (Lipinski definition) is 3. The van der Waals surface area contributed by atoms with Crippen molar-refractivity contribution in [2.24, 2.45) is 0 Å². The van der Waals surface area contributed by atoms with Crippen molar-refractivity contribution in [2.45, 2.75) is 13.0 Å². The van der Waals surface area contributed by atoms with Crippen LogP contribution in [0.25, 0.3) is 0 Å². The predicted octanol–water partition coefficient (Wildman–Crippen LogP) is 0.853. The van der Waals surface area contributed by atoms with Gasteiger partial charge in [0.2, 0.25) is 5.95 Å². The second-order valence-corrected chi connectivity index (χ2v) is 3.58. The first-order chi connectivity index (χ1) is 8.69. The summed E-state index contributed by atoms with van der Waals surface area (Å²) >= 11 is 0. The molecule has 0 aliphatic carbocycles. The smallest absolute Gasteiger partial charge is 0.252 e. The monoisotopic (exact) mass is 245 g/mol. The first-order valence-electron chi connectivity index (χ1n) is 5.21. The molecule has 2 rings (SSSR count). The summed E-state index contributed by atoms with van der Waals surface area (Å²) < 4.78 is 5.11. The van der Waals surface area contributed by atoms with Crippen LogP contribution in [0.3, 0.4) is 0 Å². The number of H-pyrrole nitrogens is 1. The standard InChI is InChI=1S/C11H11N5O2/c1-7-5-10(17)14-11(13-7)16-15-8(6-12)9-3-2-4-18-9/h2-5,8,15H,1H3,(H2,13,14,16,17). The van der Waals surface area contributed by atoms with E-state index in [0.717, 1.165) is 0 Å². The highest BCUT2D eigenvalue weighted by atomic mass is 16.3. The van der Waals surface area contributed by atoms with E-state index in [9.17, 15) is 4.79 Å². The van der Waals surface area contributed by atoms with Crippen molar-refractivity contribution in [1.29, 1.82) is 5.26 Å². The predicted molar refractivity (Wildman–Crippen MR) is 63.4 cm³/mol. The van der Waals surface area contributed by atoms with Crippen molar-refractivity contribution in [2.75, 3.05) is 5.43 Å². The highest BCUT2D eigenvalue weighted by Gasteiger charge is 2.12. The lowest BCUT2D eigenvalue weighted by Crippen LogP contribution is -2.28. The molecule has 1 atom stereocenters. The van der Waals surface area contributed by atoms with Gasteiger partial charge in [0.25, 0.3) is 5.56 Å².